The zero-order valence-corrected chi connectivity index (χ0v) is 29.4. The van der Waals surface area contributed by atoms with Gasteiger partial charge in [0.2, 0.25) is 11.0 Å². The summed E-state index contributed by atoms with van der Waals surface area (Å²) < 4.78 is 8.10. The van der Waals surface area contributed by atoms with Crippen molar-refractivity contribution in [3.63, 3.8) is 0 Å². The van der Waals surface area contributed by atoms with Crippen LogP contribution in [-0.2, 0) is 19.6 Å². The van der Waals surface area contributed by atoms with Crippen LogP contribution in [0.2, 0.25) is 0 Å². The van der Waals surface area contributed by atoms with Crippen molar-refractivity contribution in [1.82, 2.24) is 9.13 Å². The van der Waals surface area contributed by atoms with Gasteiger partial charge in [0.05, 0.1) is 32.8 Å². The summed E-state index contributed by atoms with van der Waals surface area (Å²) in [6, 6.07) is 21.5. The lowest BCUT2D eigenvalue weighted by Gasteiger charge is -2.28. The van der Waals surface area contributed by atoms with E-state index in [0.717, 1.165) is 19.6 Å². The van der Waals surface area contributed by atoms with Crippen LogP contribution in [0.15, 0.2) is 54.6 Å². The molecule has 0 spiro atoms. The molecule has 1 aromatic heterocycles. The summed E-state index contributed by atoms with van der Waals surface area (Å²) in [5.74, 6) is 0. The van der Waals surface area contributed by atoms with Gasteiger partial charge in [0.1, 0.15) is 6.54 Å². The number of unbranched alkanes of at least 4 members (excludes halogenated alkanes) is 15. The molecule has 0 bridgehead atoms. The molecule has 2 aliphatic rings. The highest BCUT2D eigenvalue weighted by atomic mass is 15.0. The van der Waals surface area contributed by atoms with E-state index in [1.807, 2.05) is 0 Å². The molecule has 6 rings (SSSR count). The van der Waals surface area contributed by atoms with E-state index in [-0.39, 0.29) is 0 Å². The normalized spacial score (nSPS) is 12.3. The molecule has 0 saturated heterocycles. The highest BCUT2D eigenvalue weighted by Crippen LogP contribution is 2.47. The number of aryl methyl sites for hydroxylation is 3. The largest absolute Gasteiger partial charge is 0.340 e. The lowest BCUT2D eigenvalue weighted by molar-refractivity contribution is -0.645. The van der Waals surface area contributed by atoms with Crippen LogP contribution in [-0.4, -0.2) is 9.13 Å². The van der Waals surface area contributed by atoms with Crippen LogP contribution in [0, 0.1) is 0 Å². The number of rotatable bonds is 21. The molecule has 0 N–H and O–H groups in total. The second kappa shape index (κ2) is 16.2. The van der Waals surface area contributed by atoms with Crippen molar-refractivity contribution in [2.45, 2.75) is 156 Å². The van der Waals surface area contributed by atoms with Crippen molar-refractivity contribution < 1.29 is 4.57 Å². The van der Waals surface area contributed by atoms with Crippen LogP contribution in [0.3, 0.4) is 0 Å². The maximum atomic E-state index is 2.70. The van der Waals surface area contributed by atoms with E-state index in [9.17, 15) is 0 Å². The topological polar surface area (TPSA) is 13.7 Å². The summed E-state index contributed by atoms with van der Waals surface area (Å²) in [6.45, 7) is 10.2. The zero-order chi connectivity index (χ0) is 31.7. The van der Waals surface area contributed by atoms with Gasteiger partial charge in [-0.3, -0.25) is 0 Å². The molecule has 46 heavy (non-hydrogen) atoms. The lowest BCUT2D eigenvalue weighted by Crippen LogP contribution is -2.36. The van der Waals surface area contributed by atoms with Crippen molar-refractivity contribution in [2.75, 3.05) is 0 Å². The van der Waals surface area contributed by atoms with Gasteiger partial charge in [0, 0.05) is 42.8 Å². The molecule has 2 aliphatic heterocycles. The van der Waals surface area contributed by atoms with E-state index >= 15 is 0 Å². The first-order valence-electron chi connectivity index (χ1n) is 19.4. The second-order valence-electron chi connectivity index (χ2n) is 14.1. The SMILES string of the molecule is CCCCCCCCn1c2cccc3c2-c2c4c1cccc4[n+](CCCCCCCC)c1cccc(c21)n3CCCCCCCC. The first-order chi connectivity index (χ1) is 22.8. The van der Waals surface area contributed by atoms with Gasteiger partial charge < -0.3 is 9.13 Å². The monoisotopic (exact) mass is 618 g/mol. The molecule has 0 atom stereocenters. The molecule has 0 fully saturated rings. The molecule has 0 radical (unpaired) electrons. The number of benzene rings is 3. The van der Waals surface area contributed by atoms with Gasteiger partial charge in [-0.05, 0) is 43.5 Å². The third-order valence-corrected chi connectivity index (χ3v) is 10.8. The van der Waals surface area contributed by atoms with Crippen molar-refractivity contribution in [1.29, 1.82) is 0 Å². The first-order valence-corrected chi connectivity index (χ1v) is 19.4. The summed E-state index contributed by atoms with van der Waals surface area (Å²) in [4.78, 5) is 0. The number of nitrogens with zero attached hydrogens (tertiary/aromatic N) is 3. The van der Waals surface area contributed by atoms with Crippen molar-refractivity contribution >= 4 is 43.9 Å². The minimum Gasteiger partial charge on any atom is -0.340 e. The van der Waals surface area contributed by atoms with E-state index < -0.39 is 0 Å². The molecule has 0 unspecified atom stereocenters. The molecular weight excluding hydrogens is 558 g/mol. The predicted octanol–water partition coefficient (Wildman–Crippen LogP) is 12.8. The van der Waals surface area contributed by atoms with Gasteiger partial charge in [-0.1, -0.05) is 129 Å². The lowest BCUT2D eigenvalue weighted by atomic mass is 9.89. The number of hydrogen-bond donors (Lipinski definition) is 0. The number of hydrogen-bond acceptors (Lipinski definition) is 0. The van der Waals surface area contributed by atoms with Crippen LogP contribution in [0.5, 0.6) is 0 Å². The fourth-order valence-corrected chi connectivity index (χ4v) is 8.34. The molecule has 0 amide bonds. The van der Waals surface area contributed by atoms with Crippen molar-refractivity contribution in [2.24, 2.45) is 0 Å². The van der Waals surface area contributed by atoms with Gasteiger partial charge in [-0.2, -0.15) is 4.57 Å². The third kappa shape index (κ3) is 6.67. The highest BCUT2D eigenvalue weighted by Gasteiger charge is 2.31. The Labute approximate surface area is 278 Å². The molecule has 3 nitrogen and oxygen atoms in total. The van der Waals surface area contributed by atoms with Gasteiger partial charge in [-0.25, -0.2) is 0 Å². The van der Waals surface area contributed by atoms with Crippen LogP contribution in [0.1, 0.15) is 136 Å². The minimum absolute atomic E-state index is 1.09. The Hall–Kier alpha value is -3.07. The quantitative estimate of drug-likeness (QED) is 0.0330. The van der Waals surface area contributed by atoms with Gasteiger partial charge in [0.15, 0.2) is 0 Å². The number of aromatic nitrogens is 3. The van der Waals surface area contributed by atoms with Gasteiger partial charge in [-0.15, -0.1) is 0 Å². The van der Waals surface area contributed by atoms with E-state index in [1.54, 1.807) is 0 Å². The molecule has 246 valence electrons. The Balaban J connectivity index is 1.50. The molecule has 3 heteroatoms. The Bertz CT molecular complexity index is 1650. The Kier molecular flexibility index (Phi) is 11.5. The Morgan fingerprint density at radius 1 is 0.413 bits per heavy atom. The summed E-state index contributed by atoms with van der Waals surface area (Å²) in [5, 5.41) is 2.97. The highest BCUT2D eigenvalue weighted by molar-refractivity contribution is 6.24. The van der Waals surface area contributed by atoms with E-state index in [4.69, 9.17) is 0 Å². The van der Waals surface area contributed by atoms with E-state index in [1.165, 1.54) is 171 Å². The van der Waals surface area contributed by atoms with Crippen LogP contribution >= 0.6 is 0 Å². The summed E-state index contributed by atoms with van der Waals surface area (Å²) in [7, 11) is 0. The van der Waals surface area contributed by atoms with Crippen LogP contribution in [0.4, 0.5) is 0 Å². The fourth-order valence-electron chi connectivity index (χ4n) is 8.34. The average Bonchev–Trinajstić information content (AvgIpc) is 3.08. The smallest absolute Gasteiger partial charge is 0.215 e. The molecule has 4 aromatic rings. The summed E-state index contributed by atoms with van der Waals surface area (Å²) >= 11 is 0. The molecular formula is C43H60N3+. The molecule has 3 aromatic carbocycles. The Morgan fingerprint density at radius 2 is 0.804 bits per heavy atom. The number of pyridine rings is 3. The summed E-state index contributed by atoms with van der Waals surface area (Å²) in [6.07, 6.45) is 23.9. The zero-order valence-electron chi connectivity index (χ0n) is 29.4. The fraction of sp³-hybridized carbons (Fsp3) is 0.558. The maximum absolute atomic E-state index is 2.70. The van der Waals surface area contributed by atoms with E-state index in [2.05, 4.69) is 89.1 Å². The van der Waals surface area contributed by atoms with E-state index in [0.29, 0.717) is 0 Å². The molecule has 0 aliphatic carbocycles. The van der Waals surface area contributed by atoms with Crippen LogP contribution in [0.25, 0.3) is 55.0 Å². The second-order valence-corrected chi connectivity index (χ2v) is 14.1. The standard InChI is InChI=1S/C43H60N3/c1-4-7-10-13-16-19-31-44-34-25-22-27-36-40(34)43-41-35(44)26-23-28-37(41)46(33-21-18-15-12-9-6-3)39-30-24-29-38(42(39)43)45(36)32-20-17-14-11-8-5-2/h22-30H,4-21,31-33H2,1-3H3/q+1. The Morgan fingerprint density at radius 3 is 1.28 bits per heavy atom. The third-order valence-electron chi connectivity index (χ3n) is 10.8. The van der Waals surface area contributed by atoms with Gasteiger partial charge >= 0.3 is 0 Å². The van der Waals surface area contributed by atoms with Gasteiger partial charge in [0.25, 0.3) is 0 Å². The molecule has 0 saturated carbocycles. The summed E-state index contributed by atoms with van der Waals surface area (Å²) in [5.41, 5.74) is 11.5. The van der Waals surface area contributed by atoms with Crippen molar-refractivity contribution in [3.05, 3.63) is 54.6 Å². The van der Waals surface area contributed by atoms with Crippen LogP contribution < -0.4 is 4.57 Å². The minimum atomic E-state index is 1.09. The first kappa shape index (κ1) is 32.9. The molecule has 3 heterocycles. The predicted molar refractivity (Wildman–Crippen MR) is 201 cm³/mol. The average molecular weight is 619 g/mol. The van der Waals surface area contributed by atoms with Crippen molar-refractivity contribution in [3.8, 4) is 11.1 Å². The maximum Gasteiger partial charge on any atom is 0.215 e.